The van der Waals surface area contributed by atoms with E-state index in [4.69, 9.17) is 16.7 Å². The van der Waals surface area contributed by atoms with Gasteiger partial charge in [-0.15, -0.1) is 0 Å². The van der Waals surface area contributed by atoms with Crippen LogP contribution < -0.4 is 5.32 Å². The summed E-state index contributed by atoms with van der Waals surface area (Å²) in [4.78, 5) is 0.250. The molecule has 0 aromatic heterocycles. The first-order valence-corrected chi connectivity index (χ1v) is 8.84. The van der Waals surface area contributed by atoms with Crippen molar-refractivity contribution in [2.24, 2.45) is 0 Å². The highest BCUT2D eigenvalue weighted by Crippen LogP contribution is 2.25. The SMILES string of the molecule is CCC(C)(CCO)NCc1c(Cl)cccc1S(C)(=O)=O. The van der Waals surface area contributed by atoms with Crippen LogP contribution >= 0.6 is 11.6 Å². The Hall–Kier alpha value is -0.620. The monoisotopic (exact) mass is 319 g/mol. The number of rotatable bonds is 7. The molecular formula is C14H22ClNO3S. The number of benzene rings is 1. The quantitative estimate of drug-likeness (QED) is 0.810. The van der Waals surface area contributed by atoms with E-state index < -0.39 is 9.84 Å². The van der Waals surface area contributed by atoms with Crippen LogP contribution in [0.15, 0.2) is 23.1 Å². The zero-order chi connectivity index (χ0) is 15.4. The van der Waals surface area contributed by atoms with E-state index in [9.17, 15) is 8.42 Å². The number of aliphatic hydroxyl groups is 1. The van der Waals surface area contributed by atoms with Gasteiger partial charge in [-0.3, -0.25) is 0 Å². The molecule has 1 atom stereocenters. The minimum Gasteiger partial charge on any atom is -0.396 e. The Morgan fingerprint density at radius 1 is 1.40 bits per heavy atom. The molecule has 0 spiro atoms. The first kappa shape index (κ1) is 17.4. The number of hydrogen-bond acceptors (Lipinski definition) is 4. The highest BCUT2D eigenvalue weighted by molar-refractivity contribution is 7.90. The molecule has 0 aliphatic carbocycles. The standard InChI is InChI=1S/C14H22ClNO3S/c1-4-14(2,8-9-17)16-10-11-12(15)6-5-7-13(11)20(3,18)19/h5-7,16-17H,4,8-10H2,1-3H3. The second kappa shape index (κ2) is 6.89. The Kier molecular flexibility index (Phi) is 6.01. The van der Waals surface area contributed by atoms with Crippen LogP contribution in [0, 0.1) is 0 Å². The van der Waals surface area contributed by atoms with Crippen molar-refractivity contribution in [1.29, 1.82) is 0 Å². The topological polar surface area (TPSA) is 66.4 Å². The molecule has 1 unspecified atom stereocenters. The molecule has 2 N–H and O–H groups in total. The number of nitrogens with one attached hydrogen (secondary N) is 1. The molecule has 1 aromatic rings. The summed E-state index contributed by atoms with van der Waals surface area (Å²) < 4.78 is 23.6. The van der Waals surface area contributed by atoms with Crippen LogP contribution in [0.25, 0.3) is 0 Å². The first-order chi connectivity index (χ1) is 9.23. The zero-order valence-electron chi connectivity index (χ0n) is 12.1. The van der Waals surface area contributed by atoms with E-state index in [1.807, 2.05) is 13.8 Å². The van der Waals surface area contributed by atoms with Gasteiger partial charge < -0.3 is 10.4 Å². The lowest BCUT2D eigenvalue weighted by Gasteiger charge is -2.29. The second-order valence-electron chi connectivity index (χ2n) is 5.23. The summed E-state index contributed by atoms with van der Waals surface area (Å²) in [6, 6.07) is 4.88. The fourth-order valence-corrected chi connectivity index (χ4v) is 3.25. The largest absolute Gasteiger partial charge is 0.396 e. The molecule has 0 amide bonds. The number of aliphatic hydroxyl groups excluding tert-OH is 1. The van der Waals surface area contributed by atoms with Gasteiger partial charge in [-0.05, 0) is 31.9 Å². The third kappa shape index (κ3) is 4.45. The van der Waals surface area contributed by atoms with Gasteiger partial charge in [-0.1, -0.05) is 24.6 Å². The van der Waals surface area contributed by atoms with Crippen LogP contribution in [0.1, 0.15) is 32.3 Å². The Balaban J connectivity index is 3.04. The third-order valence-electron chi connectivity index (χ3n) is 3.61. The summed E-state index contributed by atoms with van der Waals surface area (Å²) in [6.45, 7) is 4.46. The van der Waals surface area contributed by atoms with Gasteiger partial charge in [0.15, 0.2) is 9.84 Å². The third-order valence-corrected chi connectivity index (χ3v) is 5.15. The molecule has 0 radical (unpaired) electrons. The van der Waals surface area contributed by atoms with Crippen LogP contribution in [-0.4, -0.2) is 31.9 Å². The minimum absolute atomic E-state index is 0.0821. The molecule has 0 aliphatic rings. The van der Waals surface area contributed by atoms with Crippen molar-refractivity contribution in [1.82, 2.24) is 5.32 Å². The Morgan fingerprint density at radius 3 is 2.55 bits per heavy atom. The van der Waals surface area contributed by atoms with E-state index in [-0.39, 0.29) is 17.0 Å². The number of halogens is 1. The van der Waals surface area contributed by atoms with Crippen molar-refractivity contribution in [2.75, 3.05) is 12.9 Å². The lowest BCUT2D eigenvalue weighted by atomic mass is 9.94. The van der Waals surface area contributed by atoms with Gasteiger partial charge in [0.25, 0.3) is 0 Å². The average molecular weight is 320 g/mol. The first-order valence-electron chi connectivity index (χ1n) is 6.57. The van der Waals surface area contributed by atoms with Crippen LogP contribution in [0.5, 0.6) is 0 Å². The maximum Gasteiger partial charge on any atom is 0.175 e. The summed E-state index contributed by atoms with van der Waals surface area (Å²) in [5, 5.41) is 12.8. The normalized spacial score (nSPS) is 15.1. The summed E-state index contributed by atoms with van der Waals surface area (Å²) >= 11 is 6.13. The van der Waals surface area contributed by atoms with Crippen molar-refractivity contribution in [3.8, 4) is 0 Å². The van der Waals surface area contributed by atoms with Crippen molar-refractivity contribution in [2.45, 2.75) is 43.7 Å². The average Bonchev–Trinajstić information content (AvgIpc) is 2.36. The van der Waals surface area contributed by atoms with Crippen LogP contribution in [-0.2, 0) is 16.4 Å². The molecule has 1 aromatic carbocycles. The molecule has 0 fully saturated rings. The molecule has 1 rings (SSSR count). The summed E-state index contributed by atoms with van der Waals surface area (Å²) in [5.41, 5.74) is 0.331. The van der Waals surface area contributed by atoms with Gasteiger partial charge in [0, 0.05) is 35.5 Å². The van der Waals surface area contributed by atoms with Gasteiger partial charge in [0.05, 0.1) is 4.90 Å². The molecule has 0 bridgehead atoms. The van der Waals surface area contributed by atoms with E-state index in [1.54, 1.807) is 18.2 Å². The van der Waals surface area contributed by atoms with Crippen LogP contribution in [0.2, 0.25) is 5.02 Å². The molecule has 0 saturated carbocycles. The molecule has 4 nitrogen and oxygen atoms in total. The molecule has 0 aliphatic heterocycles. The molecule has 0 heterocycles. The van der Waals surface area contributed by atoms with Gasteiger partial charge in [0.2, 0.25) is 0 Å². The van der Waals surface area contributed by atoms with Crippen molar-refractivity contribution in [3.05, 3.63) is 28.8 Å². The molecule has 0 saturated heterocycles. The summed E-state index contributed by atoms with van der Waals surface area (Å²) in [5.74, 6) is 0. The Bertz CT molecular complexity index is 560. The predicted octanol–water partition coefficient (Wildman–Crippen LogP) is 2.38. The van der Waals surface area contributed by atoms with Gasteiger partial charge in [0.1, 0.15) is 0 Å². The minimum atomic E-state index is -3.32. The van der Waals surface area contributed by atoms with Gasteiger partial charge >= 0.3 is 0 Å². The van der Waals surface area contributed by atoms with Gasteiger partial charge in [-0.2, -0.15) is 0 Å². The Morgan fingerprint density at radius 2 is 2.05 bits per heavy atom. The number of sulfone groups is 1. The van der Waals surface area contributed by atoms with E-state index >= 15 is 0 Å². The molecule has 6 heteroatoms. The van der Waals surface area contributed by atoms with Crippen LogP contribution in [0.4, 0.5) is 0 Å². The Labute approximate surface area is 126 Å². The highest BCUT2D eigenvalue weighted by atomic mass is 35.5. The highest BCUT2D eigenvalue weighted by Gasteiger charge is 2.23. The van der Waals surface area contributed by atoms with Crippen molar-refractivity contribution < 1.29 is 13.5 Å². The zero-order valence-corrected chi connectivity index (χ0v) is 13.7. The summed E-state index contributed by atoms with van der Waals surface area (Å²) in [7, 11) is -3.32. The maximum atomic E-state index is 11.8. The molecular weight excluding hydrogens is 298 g/mol. The lowest BCUT2D eigenvalue weighted by Crippen LogP contribution is -2.42. The second-order valence-corrected chi connectivity index (χ2v) is 7.62. The van der Waals surface area contributed by atoms with Crippen LogP contribution in [0.3, 0.4) is 0 Å². The van der Waals surface area contributed by atoms with E-state index in [2.05, 4.69) is 5.32 Å². The molecule has 20 heavy (non-hydrogen) atoms. The van der Waals surface area contributed by atoms with Crippen molar-refractivity contribution in [3.63, 3.8) is 0 Å². The van der Waals surface area contributed by atoms with E-state index in [0.717, 1.165) is 6.42 Å². The lowest BCUT2D eigenvalue weighted by molar-refractivity contribution is 0.214. The maximum absolute atomic E-state index is 11.8. The molecule has 114 valence electrons. The van der Waals surface area contributed by atoms with Crippen molar-refractivity contribution >= 4 is 21.4 Å². The van der Waals surface area contributed by atoms with Gasteiger partial charge in [-0.25, -0.2) is 8.42 Å². The summed E-state index contributed by atoms with van der Waals surface area (Å²) in [6.07, 6.45) is 2.60. The fourth-order valence-electron chi connectivity index (χ4n) is 2.00. The number of hydrogen-bond donors (Lipinski definition) is 2. The van der Waals surface area contributed by atoms with E-state index in [0.29, 0.717) is 23.6 Å². The smallest absolute Gasteiger partial charge is 0.175 e. The van der Waals surface area contributed by atoms with E-state index in [1.165, 1.54) is 6.26 Å². The fraction of sp³-hybridized carbons (Fsp3) is 0.571. The predicted molar refractivity (Wildman–Crippen MR) is 81.8 cm³/mol.